The van der Waals surface area contributed by atoms with Crippen LogP contribution in [0.5, 0.6) is 5.75 Å². The van der Waals surface area contributed by atoms with Crippen LogP contribution in [0.3, 0.4) is 0 Å². The average Bonchev–Trinajstić information content (AvgIpc) is 3.14. The third-order valence-corrected chi connectivity index (χ3v) is 6.60. The van der Waals surface area contributed by atoms with Gasteiger partial charge in [-0.05, 0) is 55.5 Å². The lowest BCUT2D eigenvalue weighted by molar-refractivity contribution is -0.139. The molecule has 7 heteroatoms. The first-order chi connectivity index (χ1) is 16.8. The Hall–Kier alpha value is -3.87. The molecule has 3 aromatic carbocycles. The van der Waals surface area contributed by atoms with Crippen molar-refractivity contribution >= 4 is 34.2 Å². The molecule has 3 amide bonds. The highest BCUT2D eigenvalue weighted by Crippen LogP contribution is 2.37. The van der Waals surface area contributed by atoms with Crippen LogP contribution in [-0.4, -0.2) is 48.4 Å². The van der Waals surface area contributed by atoms with Gasteiger partial charge < -0.3 is 15.0 Å². The van der Waals surface area contributed by atoms with Crippen LogP contribution in [0.2, 0.25) is 0 Å². The standard InChI is InChI=1S/C28H31N3O4/c1-5-18(2)29-27(33)19(3)30(16-20-9-6-12-22(15-20)35-4)25(32)17-31-24-14-8-11-21-10-7-13-23(26(21)24)28(31)34/h6-15,18-19H,5,16-17H2,1-4H3,(H,29,33). The first kappa shape index (κ1) is 24.3. The summed E-state index contributed by atoms with van der Waals surface area (Å²) in [6.07, 6.45) is 0.785. The second-order valence-corrected chi connectivity index (χ2v) is 8.94. The molecule has 7 nitrogen and oxygen atoms in total. The maximum Gasteiger partial charge on any atom is 0.259 e. The van der Waals surface area contributed by atoms with Crippen LogP contribution in [0.15, 0.2) is 60.7 Å². The van der Waals surface area contributed by atoms with Crippen molar-refractivity contribution in [1.29, 1.82) is 0 Å². The fourth-order valence-corrected chi connectivity index (χ4v) is 4.38. The Kier molecular flexibility index (Phi) is 7.05. The van der Waals surface area contributed by atoms with Gasteiger partial charge in [-0.3, -0.25) is 19.3 Å². The summed E-state index contributed by atoms with van der Waals surface area (Å²) in [6, 6.07) is 18.0. The third kappa shape index (κ3) is 4.85. The van der Waals surface area contributed by atoms with Crippen LogP contribution < -0.4 is 15.0 Å². The number of amides is 3. The van der Waals surface area contributed by atoms with Crippen molar-refractivity contribution < 1.29 is 19.1 Å². The topological polar surface area (TPSA) is 79.0 Å². The Labute approximate surface area is 205 Å². The average molecular weight is 474 g/mol. The number of nitrogens with one attached hydrogen (secondary N) is 1. The van der Waals surface area contributed by atoms with Crippen molar-refractivity contribution in [2.24, 2.45) is 0 Å². The van der Waals surface area contributed by atoms with E-state index in [1.807, 2.05) is 68.4 Å². The summed E-state index contributed by atoms with van der Waals surface area (Å²) in [5, 5.41) is 4.78. The SMILES string of the molecule is CCC(C)NC(=O)C(C)N(Cc1cccc(OC)c1)C(=O)CN1C(=O)c2cccc3cccc1c23. The molecule has 0 aromatic heterocycles. The summed E-state index contributed by atoms with van der Waals surface area (Å²) in [7, 11) is 1.58. The lowest BCUT2D eigenvalue weighted by atomic mass is 10.1. The molecule has 0 spiro atoms. The number of rotatable bonds is 9. The number of carbonyl (C=O) groups excluding carboxylic acids is 3. The molecule has 2 unspecified atom stereocenters. The molecule has 2 atom stereocenters. The molecule has 0 bridgehead atoms. The van der Waals surface area contributed by atoms with E-state index in [9.17, 15) is 14.4 Å². The van der Waals surface area contributed by atoms with Gasteiger partial charge in [-0.2, -0.15) is 0 Å². The van der Waals surface area contributed by atoms with Crippen molar-refractivity contribution in [3.63, 3.8) is 0 Å². The van der Waals surface area contributed by atoms with E-state index in [0.29, 0.717) is 11.3 Å². The molecular weight excluding hydrogens is 442 g/mol. The van der Waals surface area contributed by atoms with Gasteiger partial charge in [0.25, 0.3) is 5.91 Å². The molecule has 4 rings (SSSR count). The molecule has 0 saturated carbocycles. The van der Waals surface area contributed by atoms with Crippen molar-refractivity contribution in [1.82, 2.24) is 10.2 Å². The summed E-state index contributed by atoms with van der Waals surface area (Å²) in [6.45, 7) is 5.70. The lowest BCUT2D eigenvalue weighted by Crippen LogP contribution is -2.52. The Bertz CT molecular complexity index is 1270. The number of carbonyl (C=O) groups is 3. The predicted octanol–water partition coefficient (Wildman–Crippen LogP) is 4.14. The van der Waals surface area contributed by atoms with E-state index in [0.717, 1.165) is 28.4 Å². The number of nitrogens with zero attached hydrogens (tertiary/aromatic N) is 2. The van der Waals surface area contributed by atoms with Gasteiger partial charge >= 0.3 is 0 Å². The van der Waals surface area contributed by atoms with Crippen molar-refractivity contribution in [3.05, 3.63) is 71.8 Å². The predicted molar refractivity (Wildman–Crippen MR) is 137 cm³/mol. The first-order valence-corrected chi connectivity index (χ1v) is 11.9. The van der Waals surface area contributed by atoms with Crippen LogP contribution in [0, 0.1) is 0 Å². The van der Waals surface area contributed by atoms with Gasteiger partial charge in [0.2, 0.25) is 11.8 Å². The van der Waals surface area contributed by atoms with Gasteiger partial charge in [-0.1, -0.05) is 43.3 Å². The molecule has 1 N–H and O–H groups in total. The highest BCUT2D eigenvalue weighted by molar-refractivity contribution is 6.26. The monoisotopic (exact) mass is 473 g/mol. The number of methoxy groups -OCH3 is 1. The van der Waals surface area contributed by atoms with Crippen LogP contribution in [0.25, 0.3) is 10.8 Å². The minimum Gasteiger partial charge on any atom is -0.497 e. The molecule has 1 heterocycles. The molecular formula is C28H31N3O4. The van der Waals surface area contributed by atoms with E-state index in [4.69, 9.17) is 4.74 Å². The van der Waals surface area contributed by atoms with Crippen LogP contribution in [0.4, 0.5) is 5.69 Å². The van der Waals surface area contributed by atoms with Crippen molar-refractivity contribution in [2.45, 2.75) is 45.8 Å². The van der Waals surface area contributed by atoms with E-state index in [1.165, 1.54) is 9.80 Å². The molecule has 0 radical (unpaired) electrons. The summed E-state index contributed by atoms with van der Waals surface area (Å²) in [5.74, 6) is -0.0711. The van der Waals surface area contributed by atoms with Crippen LogP contribution >= 0.6 is 0 Å². The fourth-order valence-electron chi connectivity index (χ4n) is 4.38. The van der Waals surface area contributed by atoms with Gasteiger partial charge in [0.05, 0.1) is 12.8 Å². The molecule has 35 heavy (non-hydrogen) atoms. The fraction of sp³-hybridized carbons (Fsp3) is 0.321. The molecule has 3 aromatic rings. The zero-order valence-corrected chi connectivity index (χ0v) is 20.6. The lowest BCUT2D eigenvalue weighted by Gasteiger charge is -2.31. The van der Waals surface area contributed by atoms with Gasteiger partial charge in [-0.25, -0.2) is 0 Å². The summed E-state index contributed by atoms with van der Waals surface area (Å²) in [5.41, 5.74) is 2.14. The number of anilines is 1. The normalized spacial score (nSPS) is 14.1. The summed E-state index contributed by atoms with van der Waals surface area (Å²) < 4.78 is 5.33. The summed E-state index contributed by atoms with van der Waals surface area (Å²) >= 11 is 0. The van der Waals surface area contributed by atoms with E-state index >= 15 is 0 Å². The maximum absolute atomic E-state index is 13.7. The zero-order valence-electron chi connectivity index (χ0n) is 20.6. The third-order valence-electron chi connectivity index (χ3n) is 6.60. The molecule has 0 aliphatic carbocycles. The molecule has 0 fully saturated rings. The zero-order chi connectivity index (χ0) is 25.1. The Morgan fingerprint density at radius 2 is 1.77 bits per heavy atom. The Morgan fingerprint density at radius 3 is 2.49 bits per heavy atom. The van der Waals surface area contributed by atoms with Gasteiger partial charge in [0, 0.05) is 23.5 Å². The second-order valence-electron chi connectivity index (χ2n) is 8.94. The molecule has 0 saturated heterocycles. The van der Waals surface area contributed by atoms with Gasteiger partial charge in [0.15, 0.2) is 0 Å². The smallest absolute Gasteiger partial charge is 0.259 e. The Morgan fingerprint density at radius 1 is 1.06 bits per heavy atom. The highest BCUT2D eigenvalue weighted by atomic mass is 16.5. The van der Waals surface area contributed by atoms with Crippen molar-refractivity contribution in [3.8, 4) is 5.75 Å². The minimum atomic E-state index is -0.724. The van der Waals surface area contributed by atoms with Gasteiger partial charge in [0.1, 0.15) is 18.3 Å². The maximum atomic E-state index is 13.7. The van der Waals surface area contributed by atoms with E-state index < -0.39 is 6.04 Å². The first-order valence-electron chi connectivity index (χ1n) is 11.9. The Balaban J connectivity index is 1.62. The number of hydrogen-bond donors (Lipinski definition) is 1. The molecule has 182 valence electrons. The molecule has 1 aliphatic heterocycles. The van der Waals surface area contributed by atoms with Crippen LogP contribution in [-0.2, 0) is 16.1 Å². The van der Waals surface area contributed by atoms with E-state index in [-0.39, 0.29) is 36.9 Å². The number of ether oxygens (including phenoxy) is 1. The largest absolute Gasteiger partial charge is 0.497 e. The van der Waals surface area contributed by atoms with Crippen molar-refractivity contribution in [2.75, 3.05) is 18.6 Å². The highest BCUT2D eigenvalue weighted by Gasteiger charge is 2.34. The summed E-state index contributed by atoms with van der Waals surface area (Å²) in [4.78, 5) is 43.0. The quantitative estimate of drug-likeness (QED) is 0.507. The van der Waals surface area contributed by atoms with E-state index in [2.05, 4.69) is 5.32 Å². The molecule has 1 aliphatic rings. The number of hydrogen-bond acceptors (Lipinski definition) is 4. The van der Waals surface area contributed by atoms with E-state index in [1.54, 1.807) is 20.1 Å². The second kappa shape index (κ2) is 10.2. The number of benzene rings is 3. The minimum absolute atomic E-state index is 0.00835. The van der Waals surface area contributed by atoms with Crippen LogP contribution in [0.1, 0.15) is 43.1 Å². The van der Waals surface area contributed by atoms with Gasteiger partial charge in [-0.15, -0.1) is 0 Å².